The number of para-hydroxylation sites is 1. The van der Waals surface area contributed by atoms with Crippen LogP contribution >= 0.6 is 11.3 Å². The number of hydrogen-bond donors (Lipinski definition) is 1. The Bertz CT molecular complexity index is 1460. The average molecular weight is 433 g/mol. The van der Waals surface area contributed by atoms with Gasteiger partial charge in [0.05, 0.1) is 5.52 Å². The Morgan fingerprint density at radius 1 is 0.900 bits per heavy atom. The third-order valence-corrected chi connectivity index (χ3v) is 7.10. The van der Waals surface area contributed by atoms with Crippen LogP contribution in [0.25, 0.3) is 31.8 Å². The normalized spacial score (nSPS) is 11.8. The fourth-order valence-electron chi connectivity index (χ4n) is 3.22. The highest BCUT2D eigenvalue weighted by atomic mass is 32.2. The summed E-state index contributed by atoms with van der Waals surface area (Å²) in [5, 5.41) is 1.62. The number of anilines is 1. The van der Waals surface area contributed by atoms with Gasteiger partial charge in [0, 0.05) is 28.5 Å². The topological polar surface area (TPSA) is 84.8 Å². The Balaban J connectivity index is 1.46. The van der Waals surface area contributed by atoms with Crippen molar-refractivity contribution in [1.29, 1.82) is 0 Å². The maximum atomic E-state index is 13.0. The first-order chi connectivity index (χ1) is 14.5. The van der Waals surface area contributed by atoms with Crippen LogP contribution in [0.4, 0.5) is 5.69 Å². The lowest BCUT2D eigenvalue weighted by atomic mass is 10.2. The van der Waals surface area contributed by atoms with Crippen molar-refractivity contribution in [2.45, 2.75) is 11.8 Å². The molecule has 8 heteroatoms. The molecule has 0 saturated carbocycles. The molecule has 0 unspecified atom stereocenters. The molecule has 1 N–H and O–H groups in total. The zero-order valence-electron chi connectivity index (χ0n) is 15.9. The molecular formula is C22H16N4O2S2. The molecule has 0 aliphatic heterocycles. The average Bonchev–Trinajstić information content (AvgIpc) is 3.18. The highest BCUT2D eigenvalue weighted by Crippen LogP contribution is 2.30. The molecule has 30 heavy (non-hydrogen) atoms. The number of rotatable bonds is 4. The molecule has 0 atom stereocenters. The number of sulfonamides is 1. The van der Waals surface area contributed by atoms with Crippen LogP contribution in [0.15, 0.2) is 77.8 Å². The van der Waals surface area contributed by atoms with E-state index in [9.17, 15) is 8.42 Å². The van der Waals surface area contributed by atoms with Crippen LogP contribution in [0.3, 0.4) is 0 Å². The Labute approximate surface area is 177 Å². The first kappa shape index (κ1) is 18.7. The second kappa shape index (κ2) is 7.16. The summed E-state index contributed by atoms with van der Waals surface area (Å²) in [6, 6.07) is 19.8. The molecule has 0 aliphatic rings. The number of nitrogens with zero attached hydrogens (tertiary/aromatic N) is 3. The van der Waals surface area contributed by atoms with Gasteiger partial charge in [-0.2, -0.15) is 0 Å². The summed E-state index contributed by atoms with van der Waals surface area (Å²) in [6.45, 7) is 1.84. The molecular weight excluding hydrogens is 416 g/mol. The Morgan fingerprint density at radius 3 is 2.53 bits per heavy atom. The SMILES string of the molecule is Cc1ccc2cccc(S(=O)(=O)Nc3ccc(-c4nc5cccnc5s4)cc3)c2n1. The van der Waals surface area contributed by atoms with Crippen LogP contribution in [0.1, 0.15) is 5.69 Å². The lowest BCUT2D eigenvalue weighted by Gasteiger charge is -2.11. The van der Waals surface area contributed by atoms with Crippen molar-refractivity contribution in [2.24, 2.45) is 0 Å². The van der Waals surface area contributed by atoms with Crippen molar-refractivity contribution in [1.82, 2.24) is 15.0 Å². The lowest BCUT2D eigenvalue weighted by molar-refractivity contribution is 0.602. The third-order valence-electron chi connectivity index (χ3n) is 4.66. The van der Waals surface area contributed by atoms with Gasteiger partial charge in [0.2, 0.25) is 0 Å². The van der Waals surface area contributed by atoms with Gasteiger partial charge >= 0.3 is 0 Å². The Hall–Kier alpha value is -3.36. The van der Waals surface area contributed by atoms with E-state index in [4.69, 9.17) is 0 Å². The second-order valence-electron chi connectivity index (χ2n) is 6.81. The number of pyridine rings is 2. The smallest absolute Gasteiger partial charge is 0.264 e. The van der Waals surface area contributed by atoms with Gasteiger partial charge in [0.1, 0.15) is 20.3 Å². The fraction of sp³-hybridized carbons (Fsp3) is 0.0455. The molecule has 0 spiro atoms. The van der Waals surface area contributed by atoms with Crippen molar-refractivity contribution in [3.05, 3.63) is 78.6 Å². The molecule has 3 heterocycles. The van der Waals surface area contributed by atoms with Crippen molar-refractivity contribution < 1.29 is 8.42 Å². The van der Waals surface area contributed by atoms with E-state index < -0.39 is 10.0 Å². The first-order valence-corrected chi connectivity index (χ1v) is 11.5. The summed E-state index contributed by atoms with van der Waals surface area (Å²) in [5.74, 6) is 0. The summed E-state index contributed by atoms with van der Waals surface area (Å²) in [5.41, 5.74) is 3.45. The van der Waals surface area contributed by atoms with Gasteiger partial charge in [-0.25, -0.2) is 18.4 Å². The van der Waals surface area contributed by atoms with Crippen LogP contribution in [-0.4, -0.2) is 23.4 Å². The molecule has 5 rings (SSSR count). The highest BCUT2D eigenvalue weighted by molar-refractivity contribution is 7.93. The largest absolute Gasteiger partial charge is 0.280 e. The number of fused-ring (bicyclic) bond motifs is 2. The zero-order chi connectivity index (χ0) is 20.7. The molecule has 0 saturated heterocycles. The van der Waals surface area contributed by atoms with Crippen LogP contribution < -0.4 is 4.72 Å². The highest BCUT2D eigenvalue weighted by Gasteiger charge is 2.19. The van der Waals surface area contributed by atoms with E-state index in [1.807, 2.05) is 49.4 Å². The van der Waals surface area contributed by atoms with Gasteiger partial charge in [0.15, 0.2) is 0 Å². The lowest BCUT2D eigenvalue weighted by Crippen LogP contribution is -2.13. The van der Waals surface area contributed by atoms with Crippen LogP contribution in [-0.2, 0) is 10.0 Å². The number of nitrogens with one attached hydrogen (secondary N) is 1. The van der Waals surface area contributed by atoms with E-state index in [0.29, 0.717) is 11.2 Å². The quantitative estimate of drug-likeness (QED) is 0.431. The van der Waals surface area contributed by atoms with Crippen LogP contribution in [0.2, 0.25) is 0 Å². The van der Waals surface area contributed by atoms with E-state index in [1.165, 1.54) is 11.3 Å². The van der Waals surface area contributed by atoms with Gasteiger partial charge < -0.3 is 0 Å². The summed E-state index contributed by atoms with van der Waals surface area (Å²) in [7, 11) is -3.79. The summed E-state index contributed by atoms with van der Waals surface area (Å²) < 4.78 is 28.7. The van der Waals surface area contributed by atoms with Crippen LogP contribution in [0, 0.1) is 6.92 Å². The maximum Gasteiger partial charge on any atom is 0.264 e. The molecule has 0 radical (unpaired) electrons. The van der Waals surface area contributed by atoms with Gasteiger partial charge in [0.25, 0.3) is 10.0 Å². The predicted molar refractivity (Wildman–Crippen MR) is 120 cm³/mol. The molecule has 6 nitrogen and oxygen atoms in total. The molecule has 0 amide bonds. The monoisotopic (exact) mass is 432 g/mol. The standard InChI is InChI=1S/C22H16N4O2S2/c1-14-7-8-15-4-2-6-19(20(15)24-14)30(27,28)26-17-11-9-16(10-12-17)21-25-18-5-3-13-23-22(18)29-21/h2-13,26H,1H3. The summed E-state index contributed by atoms with van der Waals surface area (Å²) in [6.07, 6.45) is 1.74. The van der Waals surface area contributed by atoms with E-state index in [2.05, 4.69) is 19.7 Å². The minimum atomic E-state index is -3.79. The predicted octanol–water partition coefficient (Wildman–Crippen LogP) is 5.02. The molecule has 0 bridgehead atoms. The summed E-state index contributed by atoms with van der Waals surface area (Å²) in [4.78, 5) is 14.4. The minimum absolute atomic E-state index is 0.157. The molecule has 2 aromatic carbocycles. The Kier molecular flexibility index (Phi) is 4.45. The van der Waals surface area contributed by atoms with E-state index in [1.54, 1.807) is 30.5 Å². The van der Waals surface area contributed by atoms with Crippen molar-refractivity contribution in [3.8, 4) is 10.6 Å². The van der Waals surface area contributed by atoms with Crippen LogP contribution in [0.5, 0.6) is 0 Å². The number of aryl methyl sites for hydroxylation is 1. The van der Waals surface area contributed by atoms with Gasteiger partial charge in [-0.15, -0.1) is 0 Å². The Morgan fingerprint density at radius 2 is 1.73 bits per heavy atom. The number of thiazole rings is 1. The summed E-state index contributed by atoms with van der Waals surface area (Å²) >= 11 is 1.50. The fourth-order valence-corrected chi connectivity index (χ4v) is 5.36. The van der Waals surface area contributed by atoms with Gasteiger partial charge in [-0.3, -0.25) is 9.71 Å². The van der Waals surface area contributed by atoms with Crippen molar-refractivity contribution >= 4 is 48.3 Å². The van der Waals surface area contributed by atoms with Crippen molar-refractivity contribution in [3.63, 3.8) is 0 Å². The minimum Gasteiger partial charge on any atom is -0.280 e. The molecule has 148 valence electrons. The number of benzene rings is 2. The third kappa shape index (κ3) is 3.40. The van der Waals surface area contributed by atoms with E-state index in [0.717, 1.165) is 32.0 Å². The van der Waals surface area contributed by atoms with E-state index in [-0.39, 0.29) is 4.90 Å². The first-order valence-electron chi connectivity index (χ1n) is 9.21. The molecule has 5 aromatic rings. The second-order valence-corrected chi connectivity index (χ2v) is 9.44. The molecule has 3 aromatic heterocycles. The van der Waals surface area contributed by atoms with Crippen molar-refractivity contribution in [2.75, 3.05) is 4.72 Å². The van der Waals surface area contributed by atoms with E-state index >= 15 is 0 Å². The van der Waals surface area contributed by atoms with Gasteiger partial charge in [-0.1, -0.05) is 29.5 Å². The van der Waals surface area contributed by atoms with Gasteiger partial charge in [-0.05, 0) is 55.5 Å². The maximum absolute atomic E-state index is 13.0. The number of hydrogen-bond acceptors (Lipinski definition) is 6. The molecule has 0 aliphatic carbocycles. The molecule has 0 fully saturated rings. The number of aromatic nitrogens is 3. The zero-order valence-corrected chi connectivity index (χ0v) is 17.5.